The zero-order chi connectivity index (χ0) is 17.4. The number of benzene rings is 2. The number of aliphatic carboxylic acids is 1. The molecule has 0 fully saturated rings. The predicted octanol–water partition coefficient (Wildman–Crippen LogP) is 5.14. The zero-order valence-electron chi connectivity index (χ0n) is 13.1. The van der Waals surface area contributed by atoms with Crippen LogP contribution in [0.5, 0.6) is 0 Å². The Hall–Kier alpha value is -2.78. The number of hydrogen-bond acceptors (Lipinski definition) is 2. The number of carboxylic acids is 1. The first kappa shape index (κ1) is 17.6. The molecule has 0 radical (unpaired) electrons. The molecular weight excluding hydrogens is 324 g/mol. The normalized spacial score (nSPS) is 12.0. The van der Waals surface area contributed by atoms with Crippen LogP contribution in [0.3, 0.4) is 0 Å². The number of halogens is 1. The lowest BCUT2D eigenvalue weighted by atomic mass is 10.00. The molecule has 0 saturated heterocycles. The Labute approximate surface area is 146 Å². The van der Waals surface area contributed by atoms with E-state index in [4.69, 9.17) is 16.3 Å². The summed E-state index contributed by atoms with van der Waals surface area (Å²) in [6.45, 7) is 0. The maximum absolute atomic E-state index is 11.4. The minimum absolute atomic E-state index is 0.108. The van der Waals surface area contributed by atoms with E-state index in [2.05, 4.69) is 0 Å². The summed E-state index contributed by atoms with van der Waals surface area (Å²) >= 11 is 5.94. The van der Waals surface area contributed by atoms with E-state index in [1.54, 1.807) is 12.1 Å². The Balaban J connectivity index is 2.24. The summed E-state index contributed by atoms with van der Waals surface area (Å²) in [5, 5.41) is 10.0. The van der Waals surface area contributed by atoms with E-state index in [1.807, 2.05) is 60.7 Å². The number of allylic oxidation sites excluding steroid dienone is 2. The second-order valence-electron chi connectivity index (χ2n) is 4.93. The molecule has 0 amide bonds. The van der Waals surface area contributed by atoms with Gasteiger partial charge >= 0.3 is 5.97 Å². The number of rotatable bonds is 6. The largest absolute Gasteiger partial charge is 0.503 e. The van der Waals surface area contributed by atoms with Crippen LogP contribution < -0.4 is 0 Å². The Morgan fingerprint density at radius 3 is 2.54 bits per heavy atom. The van der Waals surface area contributed by atoms with Gasteiger partial charge in [-0.15, -0.1) is 0 Å². The summed E-state index contributed by atoms with van der Waals surface area (Å²) in [5.41, 5.74) is 2.49. The third-order valence-corrected chi connectivity index (χ3v) is 3.48. The van der Waals surface area contributed by atoms with Gasteiger partial charge in [-0.3, -0.25) is 0 Å². The van der Waals surface area contributed by atoms with Gasteiger partial charge in [-0.05, 0) is 28.8 Å². The topological polar surface area (TPSA) is 46.5 Å². The third kappa shape index (κ3) is 4.86. The number of carboxylic acid groups (broad SMARTS) is 1. The number of carbonyl (C=O) groups is 1. The summed E-state index contributed by atoms with van der Waals surface area (Å²) in [5.74, 6) is -1.04. The SMILES string of the molecule is CO/C=C(/C(=O)O)c1ccccc1C=C/C=C/c1cccc(Cl)c1. The molecule has 0 saturated carbocycles. The average molecular weight is 341 g/mol. The fraction of sp³-hybridized carbons (Fsp3) is 0.0500. The first-order chi connectivity index (χ1) is 11.6. The lowest BCUT2D eigenvalue weighted by Gasteiger charge is -2.06. The molecular formula is C20H17ClO3. The summed E-state index contributed by atoms with van der Waals surface area (Å²) in [4.78, 5) is 11.4. The lowest BCUT2D eigenvalue weighted by Crippen LogP contribution is -2.02. The molecule has 4 heteroatoms. The minimum Gasteiger partial charge on any atom is -0.503 e. The van der Waals surface area contributed by atoms with Gasteiger partial charge in [0.05, 0.1) is 13.4 Å². The van der Waals surface area contributed by atoms with Gasteiger partial charge in [-0.2, -0.15) is 0 Å². The summed E-state index contributed by atoms with van der Waals surface area (Å²) in [6, 6.07) is 14.8. The highest BCUT2D eigenvalue weighted by molar-refractivity contribution is 6.30. The van der Waals surface area contributed by atoms with Crippen molar-refractivity contribution in [2.24, 2.45) is 0 Å². The molecule has 2 aromatic rings. The Bertz CT molecular complexity index is 804. The first-order valence-corrected chi connectivity index (χ1v) is 7.65. The van der Waals surface area contributed by atoms with E-state index in [9.17, 15) is 9.90 Å². The van der Waals surface area contributed by atoms with Crippen molar-refractivity contribution in [3.05, 3.63) is 88.7 Å². The maximum Gasteiger partial charge on any atom is 0.339 e. The minimum atomic E-state index is -1.04. The molecule has 0 aliphatic heterocycles. The van der Waals surface area contributed by atoms with Gasteiger partial charge in [0.15, 0.2) is 0 Å². The Morgan fingerprint density at radius 2 is 1.83 bits per heavy atom. The predicted molar refractivity (Wildman–Crippen MR) is 98.6 cm³/mol. The molecule has 122 valence electrons. The van der Waals surface area contributed by atoms with E-state index >= 15 is 0 Å². The van der Waals surface area contributed by atoms with Gasteiger partial charge in [-0.1, -0.05) is 72.3 Å². The zero-order valence-corrected chi connectivity index (χ0v) is 13.9. The summed E-state index contributed by atoms with van der Waals surface area (Å²) in [7, 11) is 1.43. The smallest absolute Gasteiger partial charge is 0.339 e. The highest BCUT2D eigenvalue weighted by atomic mass is 35.5. The van der Waals surface area contributed by atoms with E-state index in [-0.39, 0.29) is 5.57 Å². The number of ether oxygens (including phenoxy) is 1. The molecule has 0 unspecified atom stereocenters. The fourth-order valence-corrected chi connectivity index (χ4v) is 2.37. The molecule has 0 spiro atoms. The van der Waals surface area contributed by atoms with Gasteiger partial charge in [-0.25, -0.2) is 4.79 Å². The molecule has 0 atom stereocenters. The van der Waals surface area contributed by atoms with Crippen LogP contribution in [-0.2, 0) is 9.53 Å². The molecule has 2 rings (SSSR count). The van der Waals surface area contributed by atoms with Crippen molar-refractivity contribution in [3.63, 3.8) is 0 Å². The van der Waals surface area contributed by atoms with Crippen molar-refractivity contribution in [3.8, 4) is 0 Å². The second-order valence-corrected chi connectivity index (χ2v) is 5.37. The van der Waals surface area contributed by atoms with E-state index in [1.165, 1.54) is 13.4 Å². The van der Waals surface area contributed by atoms with Crippen LogP contribution in [0.2, 0.25) is 5.02 Å². The third-order valence-electron chi connectivity index (χ3n) is 3.24. The van der Waals surface area contributed by atoms with Crippen LogP contribution in [0.25, 0.3) is 17.7 Å². The average Bonchev–Trinajstić information content (AvgIpc) is 2.57. The van der Waals surface area contributed by atoms with Crippen molar-refractivity contribution in [1.29, 1.82) is 0 Å². The van der Waals surface area contributed by atoms with E-state index < -0.39 is 5.97 Å². The van der Waals surface area contributed by atoms with Crippen molar-refractivity contribution in [1.82, 2.24) is 0 Å². The molecule has 1 N–H and O–H groups in total. The quantitative estimate of drug-likeness (QED) is 0.450. The van der Waals surface area contributed by atoms with Gasteiger partial charge in [0, 0.05) is 5.02 Å². The molecule has 3 nitrogen and oxygen atoms in total. The highest BCUT2D eigenvalue weighted by Crippen LogP contribution is 2.21. The monoisotopic (exact) mass is 340 g/mol. The van der Waals surface area contributed by atoms with Crippen molar-refractivity contribution in [2.75, 3.05) is 7.11 Å². The summed E-state index contributed by atoms with van der Waals surface area (Å²) in [6.07, 6.45) is 8.74. The van der Waals surface area contributed by atoms with Crippen LogP contribution >= 0.6 is 11.6 Å². The Morgan fingerprint density at radius 1 is 1.08 bits per heavy atom. The number of methoxy groups -OCH3 is 1. The van der Waals surface area contributed by atoms with Gasteiger partial charge < -0.3 is 9.84 Å². The molecule has 0 aliphatic carbocycles. The van der Waals surface area contributed by atoms with Gasteiger partial charge in [0.2, 0.25) is 0 Å². The van der Waals surface area contributed by atoms with E-state index in [0.717, 1.165) is 11.1 Å². The number of hydrogen-bond donors (Lipinski definition) is 1. The molecule has 0 heterocycles. The van der Waals surface area contributed by atoms with Crippen LogP contribution in [0.15, 0.2) is 66.9 Å². The standard InChI is InChI=1S/C20H17ClO3/c1-24-14-19(20(22)23)18-12-5-4-10-16(18)9-3-2-7-15-8-6-11-17(21)13-15/h2-14H,1H3,(H,22,23)/b7-2+,9-3?,19-14+. The summed E-state index contributed by atoms with van der Waals surface area (Å²) < 4.78 is 4.88. The first-order valence-electron chi connectivity index (χ1n) is 7.28. The molecule has 0 aliphatic rings. The van der Waals surface area contributed by atoms with Crippen LogP contribution in [-0.4, -0.2) is 18.2 Å². The van der Waals surface area contributed by atoms with E-state index in [0.29, 0.717) is 10.6 Å². The van der Waals surface area contributed by atoms with Crippen LogP contribution in [0.4, 0.5) is 0 Å². The Kier molecular flexibility index (Phi) is 6.41. The van der Waals surface area contributed by atoms with Gasteiger partial charge in [0.25, 0.3) is 0 Å². The molecule has 0 aromatic heterocycles. The van der Waals surface area contributed by atoms with Crippen molar-refractivity contribution in [2.45, 2.75) is 0 Å². The van der Waals surface area contributed by atoms with Crippen molar-refractivity contribution >= 4 is 35.3 Å². The highest BCUT2D eigenvalue weighted by Gasteiger charge is 2.13. The lowest BCUT2D eigenvalue weighted by molar-refractivity contribution is -0.130. The maximum atomic E-state index is 11.4. The fourth-order valence-electron chi connectivity index (χ4n) is 2.17. The van der Waals surface area contributed by atoms with Gasteiger partial charge in [0.1, 0.15) is 5.57 Å². The van der Waals surface area contributed by atoms with Crippen LogP contribution in [0, 0.1) is 0 Å². The van der Waals surface area contributed by atoms with Crippen LogP contribution in [0.1, 0.15) is 16.7 Å². The molecule has 24 heavy (non-hydrogen) atoms. The van der Waals surface area contributed by atoms with Crippen molar-refractivity contribution < 1.29 is 14.6 Å². The molecule has 2 aromatic carbocycles. The second kappa shape index (κ2) is 8.75. The molecule has 0 bridgehead atoms.